The molecule has 0 aromatic rings. The van der Waals surface area contributed by atoms with Crippen LogP contribution in [-0.2, 0) is 4.79 Å². The third-order valence-electron chi connectivity index (χ3n) is 4.02. The molecule has 3 N–H and O–H groups in total. The Hall–Kier alpha value is -0.300. The predicted octanol–water partition coefficient (Wildman–Crippen LogP) is 0.209. The molecule has 0 aromatic heterocycles. The first-order valence-electron chi connectivity index (χ1n) is 7.32. The summed E-state index contributed by atoms with van der Waals surface area (Å²) in [6, 6.07) is -0.384. The molecule has 0 unspecified atom stereocenters. The minimum atomic E-state index is -0.384. The quantitative estimate of drug-likeness (QED) is 0.704. The Morgan fingerprint density at radius 1 is 1.35 bits per heavy atom. The number of carbonyl (C=O) groups excluding carboxylic acids is 1. The zero-order chi connectivity index (χ0) is 15.2. The molecule has 1 aliphatic heterocycles. The van der Waals surface area contributed by atoms with Gasteiger partial charge in [-0.05, 0) is 39.3 Å². The van der Waals surface area contributed by atoms with Crippen molar-refractivity contribution in [3.8, 4) is 0 Å². The van der Waals surface area contributed by atoms with Crippen LogP contribution in [0, 0.1) is 0 Å². The molecule has 5 nitrogen and oxygen atoms in total. The Labute approximate surface area is 127 Å². The van der Waals surface area contributed by atoms with Crippen LogP contribution in [0.1, 0.15) is 20.3 Å². The summed E-state index contributed by atoms with van der Waals surface area (Å²) >= 11 is 1.72. The number of amides is 1. The van der Waals surface area contributed by atoms with Crippen LogP contribution < -0.4 is 11.1 Å². The summed E-state index contributed by atoms with van der Waals surface area (Å²) in [5.74, 6) is 0.900. The van der Waals surface area contributed by atoms with E-state index in [0.29, 0.717) is 6.54 Å². The summed E-state index contributed by atoms with van der Waals surface area (Å²) in [7, 11) is 2.15. The molecule has 6 heteroatoms. The van der Waals surface area contributed by atoms with Crippen molar-refractivity contribution in [1.29, 1.82) is 0 Å². The molecule has 0 spiro atoms. The summed E-state index contributed by atoms with van der Waals surface area (Å²) < 4.78 is 0. The fourth-order valence-electron chi connectivity index (χ4n) is 2.33. The van der Waals surface area contributed by atoms with Gasteiger partial charge in [0.1, 0.15) is 0 Å². The van der Waals surface area contributed by atoms with Crippen LogP contribution in [-0.4, -0.2) is 79.1 Å². The Kier molecular flexibility index (Phi) is 7.29. The fraction of sp³-hybridized carbons (Fsp3) is 0.929. The second kappa shape index (κ2) is 8.22. The number of hydrogen-bond donors (Lipinski definition) is 2. The molecular weight excluding hydrogens is 272 g/mol. The topological polar surface area (TPSA) is 61.6 Å². The SMILES string of the molecule is CSCC[C@@H](N)C(=O)NCC(C)(C)N1CCN(C)CC1. The van der Waals surface area contributed by atoms with E-state index in [9.17, 15) is 4.79 Å². The van der Waals surface area contributed by atoms with E-state index < -0.39 is 0 Å². The molecule has 20 heavy (non-hydrogen) atoms. The number of nitrogens with one attached hydrogen (secondary N) is 1. The second-order valence-corrected chi connectivity index (χ2v) is 7.19. The molecule has 0 saturated carbocycles. The van der Waals surface area contributed by atoms with Crippen LogP contribution in [0.3, 0.4) is 0 Å². The van der Waals surface area contributed by atoms with E-state index in [0.717, 1.165) is 38.4 Å². The highest BCUT2D eigenvalue weighted by molar-refractivity contribution is 7.98. The Morgan fingerprint density at radius 3 is 2.50 bits per heavy atom. The van der Waals surface area contributed by atoms with Gasteiger partial charge in [-0.3, -0.25) is 9.69 Å². The van der Waals surface area contributed by atoms with Gasteiger partial charge in [0, 0.05) is 38.3 Å². The van der Waals surface area contributed by atoms with E-state index in [4.69, 9.17) is 5.73 Å². The van der Waals surface area contributed by atoms with Crippen LogP contribution in [0.2, 0.25) is 0 Å². The van der Waals surface area contributed by atoms with E-state index in [1.165, 1.54) is 0 Å². The van der Waals surface area contributed by atoms with Gasteiger partial charge >= 0.3 is 0 Å². The third kappa shape index (κ3) is 5.60. The number of piperazine rings is 1. The Morgan fingerprint density at radius 2 is 1.95 bits per heavy atom. The normalized spacial score (nSPS) is 19.9. The van der Waals surface area contributed by atoms with Gasteiger partial charge in [-0.25, -0.2) is 0 Å². The number of thioether (sulfide) groups is 1. The van der Waals surface area contributed by atoms with Crippen molar-refractivity contribution in [3.05, 3.63) is 0 Å². The van der Waals surface area contributed by atoms with Crippen LogP contribution in [0.5, 0.6) is 0 Å². The minimum absolute atomic E-state index is 0.0177. The van der Waals surface area contributed by atoms with Crippen molar-refractivity contribution in [1.82, 2.24) is 15.1 Å². The lowest BCUT2D eigenvalue weighted by Gasteiger charge is -2.43. The molecule has 1 amide bonds. The average Bonchev–Trinajstić information content (AvgIpc) is 2.42. The zero-order valence-corrected chi connectivity index (χ0v) is 14.1. The molecule has 1 saturated heterocycles. The van der Waals surface area contributed by atoms with E-state index in [2.05, 4.69) is 36.0 Å². The highest BCUT2D eigenvalue weighted by Crippen LogP contribution is 2.15. The summed E-state index contributed by atoms with van der Waals surface area (Å²) in [5.41, 5.74) is 5.87. The molecule has 0 radical (unpaired) electrons. The molecule has 118 valence electrons. The van der Waals surface area contributed by atoms with Gasteiger partial charge in [-0.15, -0.1) is 0 Å². The molecule has 1 heterocycles. The van der Waals surface area contributed by atoms with Crippen LogP contribution in [0.25, 0.3) is 0 Å². The van der Waals surface area contributed by atoms with Gasteiger partial charge in [-0.2, -0.15) is 11.8 Å². The lowest BCUT2D eigenvalue weighted by atomic mass is 10.0. The van der Waals surface area contributed by atoms with Gasteiger partial charge in [0.05, 0.1) is 6.04 Å². The van der Waals surface area contributed by atoms with Crippen molar-refractivity contribution in [2.24, 2.45) is 5.73 Å². The van der Waals surface area contributed by atoms with Crippen molar-refractivity contribution < 1.29 is 4.79 Å². The highest BCUT2D eigenvalue weighted by atomic mass is 32.2. The molecular formula is C14H30N4OS. The smallest absolute Gasteiger partial charge is 0.237 e. The maximum atomic E-state index is 12.0. The fourth-order valence-corrected chi connectivity index (χ4v) is 2.82. The largest absolute Gasteiger partial charge is 0.353 e. The van der Waals surface area contributed by atoms with Gasteiger partial charge in [0.2, 0.25) is 5.91 Å². The highest BCUT2D eigenvalue weighted by Gasteiger charge is 2.29. The van der Waals surface area contributed by atoms with Crippen LogP contribution >= 0.6 is 11.8 Å². The van der Waals surface area contributed by atoms with Crippen LogP contribution in [0.4, 0.5) is 0 Å². The van der Waals surface area contributed by atoms with Gasteiger partial charge in [0.15, 0.2) is 0 Å². The first kappa shape index (κ1) is 17.8. The number of nitrogens with two attached hydrogens (primary N) is 1. The van der Waals surface area contributed by atoms with Crippen LogP contribution in [0.15, 0.2) is 0 Å². The van der Waals surface area contributed by atoms with Crippen molar-refractivity contribution >= 4 is 17.7 Å². The summed E-state index contributed by atoms with van der Waals surface area (Å²) in [6.07, 6.45) is 2.77. The first-order chi connectivity index (χ1) is 9.36. The van der Waals surface area contributed by atoms with E-state index in [1.54, 1.807) is 11.8 Å². The lowest BCUT2D eigenvalue weighted by molar-refractivity contribution is -0.123. The molecule has 0 bridgehead atoms. The zero-order valence-electron chi connectivity index (χ0n) is 13.3. The Balaban J connectivity index is 2.36. The first-order valence-corrected chi connectivity index (χ1v) is 8.72. The van der Waals surface area contributed by atoms with E-state index in [1.807, 2.05) is 6.26 Å². The van der Waals surface area contributed by atoms with E-state index in [-0.39, 0.29) is 17.5 Å². The van der Waals surface area contributed by atoms with Gasteiger partial charge in [-0.1, -0.05) is 0 Å². The minimum Gasteiger partial charge on any atom is -0.353 e. The molecule has 1 fully saturated rings. The number of carbonyl (C=O) groups is 1. The Bertz CT molecular complexity index is 304. The lowest BCUT2D eigenvalue weighted by Crippen LogP contribution is -2.58. The number of rotatable bonds is 7. The monoisotopic (exact) mass is 302 g/mol. The number of nitrogens with zero attached hydrogens (tertiary/aromatic N) is 2. The number of hydrogen-bond acceptors (Lipinski definition) is 5. The van der Waals surface area contributed by atoms with Gasteiger partial charge < -0.3 is 16.0 Å². The molecule has 0 aliphatic carbocycles. The van der Waals surface area contributed by atoms with E-state index >= 15 is 0 Å². The third-order valence-corrected chi connectivity index (χ3v) is 4.67. The molecule has 1 rings (SSSR count). The average molecular weight is 302 g/mol. The molecule has 1 atom stereocenters. The van der Waals surface area contributed by atoms with Crippen molar-refractivity contribution in [2.75, 3.05) is 51.8 Å². The summed E-state index contributed by atoms with van der Waals surface area (Å²) in [6.45, 7) is 9.31. The predicted molar refractivity (Wildman–Crippen MR) is 87.1 cm³/mol. The van der Waals surface area contributed by atoms with Gasteiger partial charge in [0.25, 0.3) is 0 Å². The second-order valence-electron chi connectivity index (χ2n) is 6.21. The maximum Gasteiger partial charge on any atom is 0.237 e. The number of likely N-dealkylation sites (N-methyl/N-ethyl adjacent to an activating group) is 1. The maximum absolute atomic E-state index is 12.0. The summed E-state index contributed by atoms with van der Waals surface area (Å²) in [4.78, 5) is 16.7. The summed E-state index contributed by atoms with van der Waals surface area (Å²) in [5, 5.41) is 3.01. The standard InChI is InChI=1S/C14H30N4OS/c1-14(2,18-8-6-17(3)7-9-18)11-16-13(19)12(15)5-10-20-4/h12H,5-11,15H2,1-4H3,(H,16,19)/t12-/m1/s1. The van der Waals surface area contributed by atoms with Crippen molar-refractivity contribution in [2.45, 2.75) is 31.8 Å². The molecule has 0 aromatic carbocycles. The molecule has 1 aliphatic rings. The van der Waals surface area contributed by atoms with Crippen molar-refractivity contribution in [3.63, 3.8) is 0 Å².